The quantitative estimate of drug-likeness (QED) is 0.325. The predicted molar refractivity (Wildman–Crippen MR) is 154 cm³/mol. The molecule has 2 atom stereocenters. The Balaban J connectivity index is 1.16. The normalized spacial score (nSPS) is 14.2. The van der Waals surface area contributed by atoms with E-state index >= 15 is 0 Å². The summed E-state index contributed by atoms with van der Waals surface area (Å²) in [5, 5.41) is 7.74. The number of carbonyl (C=O) groups excluding carboxylic acids is 2. The molecular weight excluding hydrogens is 488 g/mol. The van der Waals surface area contributed by atoms with Gasteiger partial charge >= 0.3 is 0 Å². The fraction of sp³-hybridized carbons (Fsp3) is 0.226. The van der Waals surface area contributed by atoms with Gasteiger partial charge in [0.25, 0.3) is 0 Å². The number of para-hydroxylation sites is 4. The molecule has 8 heteroatoms. The molecule has 5 aromatic rings. The van der Waals surface area contributed by atoms with Crippen molar-refractivity contribution in [1.29, 1.82) is 0 Å². The van der Waals surface area contributed by atoms with Crippen molar-refractivity contribution in [2.45, 2.75) is 33.1 Å². The Morgan fingerprint density at radius 1 is 0.641 bits per heavy atom. The van der Waals surface area contributed by atoms with E-state index in [-0.39, 0.29) is 11.8 Å². The summed E-state index contributed by atoms with van der Waals surface area (Å²) >= 11 is 0. The fourth-order valence-electron chi connectivity index (χ4n) is 4.94. The van der Waals surface area contributed by atoms with Crippen molar-refractivity contribution in [3.8, 4) is 0 Å². The Labute approximate surface area is 224 Å². The van der Waals surface area contributed by atoms with Gasteiger partial charge < -0.3 is 10.6 Å². The van der Waals surface area contributed by atoms with E-state index in [4.69, 9.17) is 15.0 Å². The van der Waals surface area contributed by atoms with Crippen molar-refractivity contribution < 1.29 is 9.59 Å². The van der Waals surface area contributed by atoms with Crippen molar-refractivity contribution in [2.24, 2.45) is 11.8 Å². The van der Waals surface area contributed by atoms with Gasteiger partial charge in [-0.1, -0.05) is 50.3 Å². The van der Waals surface area contributed by atoms with E-state index < -0.39 is 11.8 Å². The van der Waals surface area contributed by atoms with E-state index in [9.17, 15) is 9.59 Å². The summed E-state index contributed by atoms with van der Waals surface area (Å²) < 4.78 is 0. The molecule has 2 heterocycles. The van der Waals surface area contributed by atoms with Crippen LogP contribution >= 0.6 is 0 Å². The molecule has 1 aliphatic rings. The molecule has 2 N–H and O–H groups in total. The average molecular weight is 517 g/mol. The molecular formula is C31H28N6O2. The van der Waals surface area contributed by atoms with Crippen LogP contribution in [0.2, 0.25) is 0 Å². The lowest BCUT2D eigenvalue weighted by molar-refractivity contribution is -0.122. The van der Waals surface area contributed by atoms with Gasteiger partial charge in [-0.3, -0.25) is 9.59 Å². The van der Waals surface area contributed by atoms with Crippen molar-refractivity contribution >= 4 is 68.4 Å². The van der Waals surface area contributed by atoms with E-state index in [0.717, 1.165) is 40.1 Å². The number of fused-ring (bicyclic) bond motifs is 4. The summed E-state index contributed by atoms with van der Waals surface area (Å²) in [7, 11) is 0. The second kappa shape index (κ2) is 10.2. The van der Waals surface area contributed by atoms with Crippen LogP contribution in [0.25, 0.3) is 45.3 Å². The standard InChI is InChI=1S/C31H28N6O2/c1-18(30(38)36-26-15-7-13-24-28(26)34-22-11-5-3-9-20(22)32-24)17-19(2)31(39)37-27-16-8-14-25-29(27)35-23-12-6-4-10-21(23)33-25/h3,5,7-16,18-19H,4,6,17H2,1-2H3,(H,36,38)(H,37,39). The zero-order valence-corrected chi connectivity index (χ0v) is 21.8. The van der Waals surface area contributed by atoms with Crippen LogP contribution in [-0.2, 0) is 9.59 Å². The van der Waals surface area contributed by atoms with Crippen molar-refractivity contribution in [1.82, 2.24) is 19.9 Å². The Bertz CT molecular complexity index is 1880. The van der Waals surface area contributed by atoms with Crippen LogP contribution in [0.15, 0.2) is 60.7 Å². The minimum Gasteiger partial charge on any atom is -0.324 e. The summed E-state index contributed by atoms with van der Waals surface area (Å²) in [5.74, 6) is -1.15. The van der Waals surface area contributed by atoms with Crippen LogP contribution in [0.4, 0.5) is 11.4 Å². The molecule has 0 fully saturated rings. The van der Waals surface area contributed by atoms with E-state index in [1.54, 1.807) is 0 Å². The van der Waals surface area contributed by atoms with E-state index in [1.807, 2.05) is 74.5 Å². The van der Waals surface area contributed by atoms with Crippen LogP contribution in [0.3, 0.4) is 0 Å². The first-order chi connectivity index (χ1) is 19.0. The average Bonchev–Trinajstić information content (AvgIpc) is 2.95. The van der Waals surface area contributed by atoms with E-state index in [1.165, 1.54) is 0 Å². The molecule has 1 aliphatic carbocycles. The highest BCUT2D eigenvalue weighted by molar-refractivity contribution is 6.03. The topological polar surface area (TPSA) is 110 Å². The van der Waals surface area contributed by atoms with Crippen LogP contribution in [0.1, 0.15) is 33.1 Å². The number of hydrogen-bond donors (Lipinski definition) is 2. The van der Waals surface area contributed by atoms with Gasteiger partial charge in [-0.15, -0.1) is 0 Å². The van der Waals surface area contributed by atoms with Crippen molar-refractivity contribution in [2.75, 3.05) is 10.6 Å². The summed E-state index contributed by atoms with van der Waals surface area (Å²) in [4.78, 5) is 45.1. The molecule has 0 radical (unpaired) electrons. The van der Waals surface area contributed by atoms with Gasteiger partial charge in [0.2, 0.25) is 11.8 Å². The highest BCUT2D eigenvalue weighted by atomic mass is 16.2. The van der Waals surface area contributed by atoms with Gasteiger partial charge in [0.15, 0.2) is 0 Å². The molecule has 39 heavy (non-hydrogen) atoms. The molecule has 2 amide bonds. The Kier molecular flexibility index (Phi) is 6.44. The third-order valence-corrected chi connectivity index (χ3v) is 7.08. The summed E-state index contributed by atoms with van der Waals surface area (Å²) in [6.45, 7) is 3.66. The molecule has 3 aromatic carbocycles. The third-order valence-electron chi connectivity index (χ3n) is 7.08. The predicted octanol–water partition coefficient (Wildman–Crippen LogP) is 4.32. The lowest BCUT2D eigenvalue weighted by Crippen LogP contribution is -2.33. The maximum absolute atomic E-state index is 13.1. The maximum atomic E-state index is 13.1. The first kappa shape index (κ1) is 24.6. The Morgan fingerprint density at radius 3 is 1.74 bits per heavy atom. The number of benzene rings is 3. The third kappa shape index (κ3) is 4.93. The molecule has 0 saturated carbocycles. The largest absolute Gasteiger partial charge is 0.324 e. The summed E-state index contributed by atoms with van der Waals surface area (Å²) in [6.07, 6.45) is 6.44. The van der Waals surface area contributed by atoms with Gasteiger partial charge in [0, 0.05) is 11.8 Å². The van der Waals surface area contributed by atoms with Gasteiger partial charge in [-0.2, -0.15) is 0 Å². The first-order valence-corrected chi connectivity index (χ1v) is 13.2. The molecule has 0 bridgehead atoms. The zero-order valence-electron chi connectivity index (χ0n) is 21.8. The van der Waals surface area contributed by atoms with Gasteiger partial charge in [0.05, 0.1) is 44.1 Å². The number of nitrogens with zero attached hydrogens (tertiary/aromatic N) is 4. The molecule has 0 aliphatic heterocycles. The highest BCUT2D eigenvalue weighted by Crippen LogP contribution is 2.25. The smallest absolute Gasteiger partial charge is 0.227 e. The van der Waals surface area contributed by atoms with Crippen LogP contribution in [0.5, 0.6) is 0 Å². The molecule has 2 aromatic heterocycles. The molecule has 8 nitrogen and oxygen atoms in total. The van der Waals surface area contributed by atoms with Gasteiger partial charge in [-0.05, 0) is 55.7 Å². The first-order valence-electron chi connectivity index (χ1n) is 13.2. The zero-order chi connectivity index (χ0) is 26.9. The number of amides is 2. The molecule has 6 rings (SSSR count). The van der Waals surface area contributed by atoms with Crippen molar-refractivity contribution in [3.63, 3.8) is 0 Å². The number of anilines is 2. The van der Waals surface area contributed by atoms with E-state index in [0.29, 0.717) is 34.3 Å². The number of hydrogen-bond acceptors (Lipinski definition) is 6. The lowest BCUT2D eigenvalue weighted by atomic mass is 9.95. The SMILES string of the molecule is CC(CC(C)C(=O)Nc1cccc2nc3ccccc3nc12)C(=O)Nc1cccc2nc3c(nc12)=CCCC=3. The fourth-order valence-corrected chi connectivity index (χ4v) is 4.94. The second-order valence-electron chi connectivity index (χ2n) is 10.1. The number of carbonyl (C=O) groups is 2. The van der Waals surface area contributed by atoms with Crippen LogP contribution in [-0.4, -0.2) is 31.8 Å². The molecule has 0 saturated heterocycles. The minimum absolute atomic E-state index is 0.167. The van der Waals surface area contributed by atoms with Gasteiger partial charge in [-0.25, -0.2) is 19.9 Å². The minimum atomic E-state index is -0.404. The lowest BCUT2D eigenvalue weighted by Gasteiger charge is -2.18. The van der Waals surface area contributed by atoms with Crippen molar-refractivity contribution in [3.05, 3.63) is 71.4 Å². The monoisotopic (exact) mass is 516 g/mol. The van der Waals surface area contributed by atoms with Crippen LogP contribution < -0.4 is 21.3 Å². The molecule has 0 spiro atoms. The number of nitrogens with one attached hydrogen (secondary N) is 2. The number of rotatable bonds is 6. The second-order valence-corrected chi connectivity index (χ2v) is 10.1. The summed E-state index contributed by atoms with van der Waals surface area (Å²) in [5.41, 5.74) is 5.54. The Hall–Kier alpha value is -4.72. The highest BCUT2D eigenvalue weighted by Gasteiger charge is 2.23. The Morgan fingerprint density at radius 2 is 1.13 bits per heavy atom. The maximum Gasteiger partial charge on any atom is 0.227 e. The van der Waals surface area contributed by atoms with E-state index in [2.05, 4.69) is 27.8 Å². The summed E-state index contributed by atoms with van der Waals surface area (Å²) in [6, 6.07) is 18.8. The molecule has 194 valence electrons. The van der Waals surface area contributed by atoms with Gasteiger partial charge in [0.1, 0.15) is 11.0 Å². The molecule has 2 unspecified atom stereocenters. The number of aromatic nitrogens is 4. The van der Waals surface area contributed by atoms with Crippen LogP contribution in [0, 0.1) is 11.8 Å².